The molecule has 2 aromatic rings. The molecule has 1 amide bonds. The Morgan fingerprint density at radius 3 is 2.79 bits per heavy atom. The molecule has 0 aromatic carbocycles. The lowest BCUT2D eigenvalue weighted by Gasteiger charge is -2.05. The quantitative estimate of drug-likeness (QED) is 0.485. The molecule has 6 heteroatoms. The number of carbonyl (C=O) groups is 1. The van der Waals surface area contributed by atoms with Crippen LogP contribution in [-0.4, -0.2) is 26.8 Å². The molecular formula is C13H12N4O2. The maximum absolute atomic E-state index is 11.9. The van der Waals surface area contributed by atoms with E-state index in [0.29, 0.717) is 12.2 Å². The minimum absolute atomic E-state index is 0.121. The van der Waals surface area contributed by atoms with Crippen LogP contribution in [0.3, 0.4) is 0 Å². The summed E-state index contributed by atoms with van der Waals surface area (Å²) in [6.07, 6.45) is 4.82. The van der Waals surface area contributed by atoms with Crippen molar-refractivity contribution < 1.29 is 10.0 Å². The van der Waals surface area contributed by atoms with Crippen LogP contribution in [0, 0.1) is 0 Å². The van der Waals surface area contributed by atoms with Crippen molar-refractivity contribution >= 4 is 11.6 Å². The highest BCUT2D eigenvalue weighted by atomic mass is 16.4. The molecule has 0 aliphatic heterocycles. The van der Waals surface area contributed by atoms with Gasteiger partial charge in [0.2, 0.25) is 0 Å². The van der Waals surface area contributed by atoms with E-state index in [1.165, 1.54) is 6.20 Å². The summed E-state index contributed by atoms with van der Waals surface area (Å²) in [5.41, 5.74) is 1.05. The lowest BCUT2D eigenvalue weighted by Crippen LogP contribution is -2.31. The number of pyridine rings is 2. The Morgan fingerprint density at radius 2 is 2.16 bits per heavy atom. The van der Waals surface area contributed by atoms with Crippen LogP contribution in [0.5, 0.6) is 0 Å². The van der Waals surface area contributed by atoms with E-state index < -0.39 is 5.91 Å². The zero-order chi connectivity index (χ0) is 13.5. The minimum atomic E-state index is -0.495. The van der Waals surface area contributed by atoms with Crippen molar-refractivity contribution in [2.45, 2.75) is 6.54 Å². The van der Waals surface area contributed by atoms with Gasteiger partial charge < -0.3 is 10.5 Å². The summed E-state index contributed by atoms with van der Waals surface area (Å²) in [6.45, 7) is 0.304. The summed E-state index contributed by atoms with van der Waals surface area (Å²) < 4.78 is 0. The average Bonchev–Trinajstić information content (AvgIpc) is 2.48. The van der Waals surface area contributed by atoms with E-state index in [4.69, 9.17) is 5.21 Å². The topological polar surface area (TPSA) is 87.5 Å². The second-order valence-corrected chi connectivity index (χ2v) is 3.71. The minimum Gasteiger partial charge on any atom is -0.410 e. The Bertz CT molecular complexity index is 570. The molecule has 0 saturated heterocycles. The predicted octanol–water partition coefficient (Wildman–Crippen LogP) is 0.971. The molecule has 0 fully saturated rings. The van der Waals surface area contributed by atoms with Crippen LogP contribution >= 0.6 is 0 Å². The second-order valence-electron chi connectivity index (χ2n) is 3.71. The first-order chi connectivity index (χ1) is 9.31. The van der Waals surface area contributed by atoms with E-state index in [-0.39, 0.29) is 5.71 Å². The van der Waals surface area contributed by atoms with Gasteiger partial charge in [-0.3, -0.25) is 14.8 Å². The normalized spacial score (nSPS) is 11.1. The van der Waals surface area contributed by atoms with Gasteiger partial charge in [-0.15, -0.1) is 0 Å². The van der Waals surface area contributed by atoms with Gasteiger partial charge in [0.25, 0.3) is 5.91 Å². The van der Waals surface area contributed by atoms with Gasteiger partial charge >= 0.3 is 0 Å². The number of hydrogen-bond donors (Lipinski definition) is 2. The molecule has 96 valence electrons. The van der Waals surface area contributed by atoms with Gasteiger partial charge in [-0.1, -0.05) is 17.3 Å². The van der Waals surface area contributed by atoms with Crippen LogP contribution < -0.4 is 5.32 Å². The van der Waals surface area contributed by atoms with Crippen molar-refractivity contribution in [1.29, 1.82) is 0 Å². The molecule has 0 aliphatic carbocycles. The molecule has 19 heavy (non-hydrogen) atoms. The standard InChI is InChI=1S/C13H12N4O2/c18-13(16-9-10-4-3-6-14-8-10)12(17-19)11-5-1-2-7-15-11/h1-8,19H,9H2,(H,16,18). The third kappa shape index (κ3) is 3.35. The van der Waals surface area contributed by atoms with Crippen LogP contribution in [0.1, 0.15) is 11.3 Å². The van der Waals surface area contributed by atoms with Crippen molar-refractivity contribution in [1.82, 2.24) is 15.3 Å². The van der Waals surface area contributed by atoms with Gasteiger partial charge in [-0.25, -0.2) is 0 Å². The molecular weight excluding hydrogens is 244 g/mol. The molecule has 2 rings (SSSR count). The van der Waals surface area contributed by atoms with Gasteiger partial charge in [0.05, 0.1) is 5.69 Å². The number of amides is 1. The Kier molecular flexibility index (Phi) is 4.17. The van der Waals surface area contributed by atoms with Crippen LogP contribution in [0.2, 0.25) is 0 Å². The number of aromatic nitrogens is 2. The van der Waals surface area contributed by atoms with Gasteiger partial charge in [0, 0.05) is 25.1 Å². The van der Waals surface area contributed by atoms with Crippen LogP contribution in [-0.2, 0) is 11.3 Å². The Morgan fingerprint density at radius 1 is 1.26 bits per heavy atom. The van der Waals surface area contributed by atoms with E-state index in [1.54, 1.807) is 36.7 Å². The van der Waals surface area contributed by atoms with E-state index in [9.17, 15) is 4.79 Å². The highest BCUT2D eigenvalue weighted by molar-refractivity contribution is 6.44. The van der Waals surface area contributed by atoms with Gasteiger partial charge in [-0.05, 0) is 23.8 Å². The van der Waals surface area contributed by atoms with Crippen molar-refractivity contribution in [2.75, 3.05) is 0 Å². The Hall–Kier alpha value is -2.76. The van der Waals surface area contributed by atoms with Crippen molar-refractivity contribution in [3.8, 4) is 0 Å². The lowest BCUT2D eigenvalue weighted by molar-refractivity contribution is -0.115. The second kappa shape index (κ2) is 6.25. The number of carbonyl (C=O) groups excluding carboxylic acids is 1. The van der Waals surface area contributed by atoms with Crippen molar-refractivity contribution in [3.63, 3.8) is 0 Å². The summed E-state index contributed by atoms with van der Waals surface area (Å²) in [4.78, 5) is 19.8. The Labute approximate surface area is 109 Å². The predicted molar refractivity (Wildman–Crippen MR) is 68.6 cm³/mol. The number of nitrogens with one attached hydrogen (secondary N) is 1. The van der Waals surface area contributed by atoms with Crippen molar-refractivity contribution in [3.05, 3.63) is 60.2 Å². The molecule has 2 aromatic heterocycles. The molecule has 0 radical (unpaired) electrons. The summed E-state index contributed by atoms with van der Waals surface area (Å²) in [7, 11) is 0. The van der Waals surface area contributed by atoms with Crippen LogP contribution in [0.25, 0.3) is 0 Å². The maximum Gasteiger partial charge on any atom is 0.275 e. The molecule has 0 unspecified atom stereocenters. The maximum atomic E-state index is 11.9. The first-order valence-electron chi connectivity index (χ1n) is 5.62. The van der Waals surface area contributed by atoms with E-state index in [0.717, 1.165) is 5.56 Å². The van der Waals surface area contributed by atoms with E-state index in [2.05, 4.69) is 20.4 Å². The first kappa shape index (κ1) is 12.7. The SMILES string of the molecule is O=C(NCc1cccnc1)C(=NO)c1ccccn1. The van der Waals surface area contributed by atoms with Crippen molar-refractivity contribution in [2.24, 2.45) is 5.16 Å². The smallest absolute Gasteiger partial charge is 0.275 e. The molecule has 0 atom stereocenters. The lowest BCUT2D eigenvalue weighted by atomic mass is 10.2. The molecule has 2 N–H and O–H groups in total. The first-order valence-corrected chi connectivity index (χ1v) is 5.62. The molecule has 0 saturated carbocycles. The summed E-state index contributed by atoms with van der Waals surface area (Å²) >= 11 is 0. The monoisotopic (exact) mass is 256 g/mol. The fraction of sp³-hybridized carbons (Fsp3) is 0.0769. The van der Waals surface area contributed by atoms with Gasteiger partial charge in [0.1, 0.15) is 0 Å². The highest BCUT2D eigenvalue weighted by Gasteiger charge is 2.15. The highest BCUT2D eigenvalue weighted by Crippen LogP contribution is 1.99. The fourth-order valence-corrected chi connectivity index (χ4v) is 1.48. The van der Waals surface area contributed by atoms with Crippen LogP contribution in [0.15, 0.2) is 54.1 Å². The number of hydrogen-bond acceptors (Lipinski definition) is 5. The molecule has 6 nitrogen and oxygen atoms in total. The number of rotatable bonds is 4. The fourth-order valence-electron chi connectivity index (χ4n) is 1.48. The molecule has 0 aliphatic rings. The van der Waals surface area contributed by atoms with Gasteiger partial charge in [-0.2, -0.15) is 0 Å². The number of nitrogens with zero attached hydrogens (tertiary/aromatic N) is 3. The molecule has 0 spiro atoms. The average molecular weight is 256 g/mol. The van der Waals surface area contributed by atoms with Gasteiger partial charge in [0.15, 0.2) is 5.71 Å². The van der Waals surface area contributed by atoms with E-state index in [1.807, 2.05) is 6.07 Å². The summed E-state index contributed by atoms with van der Waals surface area (Å²) in [6, 6.07) is 8.64. The number of oxime groups is 1. The largest absolute Gasteiger partial charge is 0.410 e. The summed E-state index contributed by atoms with van der Waals surface area (Å²) in [5.74, 6) is -0.495. The summed E-state index contributed by atoms with van der Waals surface area (Å²) in [5, 5.41) is 14.6. The molecule has 2 heterocycles. The zero-order valence-electron chi connectivity index (χ0n) is 10.0. The van der Waals surface area contributed by atoms with E-state index >= 15 is 0 Å². The Balaban J connectivity index is 2.03. The van der Waals surface area contributed by atoms with Crippen LogP contribution in [0.4, 0.5) is 0 Å². The third-order valence-electron chi connectivity index (χ3n) is 2.40. The third-order valence-corrected chi connectivity index (χ3v) is 2.40. The molecule has 0 bridgehead atoms. The zero-order valence-corrected chi connectivity index (χ0v) is 10.0.